The van der Waals surface area contributed by atoms with Crippen LogP contribution < -0.4 is 4.74 Å². The summed E-state index contributed by atoms with van der Waals surface area (Å²) in [6, 6.07) is 7.94. The van der Waals surface area contributed by atoms with Crippen LogP contribution in [0.25, 0.3) is 0 Å². The minimum absolute atomic E-state index is 0.775. The monoisotopic (exact) mass is 318 g/mol. The summed E-state index contributed by atoms with van der Waals surface area (Å²) in [7, 11) is 0. The van der Waals surface area contributed by atoms with Crippen molar-refractivity contribution in [3.8, 4) is 5.75 Å². The number of hydrogen-bond acceptors (Lipinski definition) is 5. The fourth-order valence-electron chi connectivity index (χ4n) is 1.92. The first-order valence-electron chi connectivity index (χ1n) is 7.47. The van der Waals surface area contributed by atoms with Gasteiger partial charge in [-0.3, -0.25) is 0 Å². The van der Waals surface area contributed by atoms with Crippen LogP contribution in [0, 0.1) is 6.92 Å². The third kappa shape index (κ3) is 4.59. The molecule has 0 unspecified atom stereocenters. The normalized spacial score (nSPS) is 11.2. The molecule has 2 aromatic rings. The Morgan fingerprint density at radius 2 is 2.00 bits per heavy atom. The summed E-state index contributed by atoms with van der Waals surface area (Å²) in [5.74, 6) is 1.68. The summed E-state index contributed by atoms with van der Waals surface area (Å²) in [6.07, 6.45) is 7.28. The predicted molar refractivity (Wildman–Crippen MR) is 91.0 cm³/mol. The predicted octanol–water partition coefficient (Wildman–Crippen LogP) is 3.76. The van der Waals surface area contributed by atoms with Crippen molar-refractivity contribution >= 4 is 18.0 Å². The van der Waals surface area contributed by atoms with Gasteiger partial charge in [-0.05, 0) is 49.4 Å². The van der Waals surface area contributed by atoms with E-state index in [1.807, 2.05) is 37.4 Å². The van der Waals surface area contributed by atoms with E-state index < -0.39 is 0 Å². The number of ether oxygens (including phenoxy) is 1. The second kappa shape index (κ2) is 8.58. The zero-order valence-corrected chi connectivity index (χ0v) is 14.1. The second-order valence-corrected chi connectivity index (χ2v) is 5.69. The van der Waals surface area contributed by atoms with Crippen molar-refractivity contribution in [1.82, 2.24) is 14.9 Å². The Morgan fingerprint density at radius 1 is 1.23 bits per heavy atom. The number of aromatic nitrogens is 3. The lowest BCUT2D eigenvalue weighted by molar-refractivity contribution is 0.306. The van der Waals surface area contributed by atoms with Crippen LogP contribution in [0.15, 0.2) is 34.5 Å². The Morgan fingerprint density at radius 3 is 2.68 bits per heavy atom. The lowest BCUT2D eigenvalue weighted by Crippen LogP contribution is -1.97. The maximum absolute atomic E-state index is 5.70. The molecule has 0 spiro atoms. The van der Waals surface area contributed by atoms with Gasteiger partial charge in [-0.1, -0.05) is 31.5 Å². The highest BCUT2D eigenvalue weighted by molar-refractivity contribution is 7.98. The summed E-state index contributed by atoms with van der Waals surface area (Å²) < 4.78 is 7.43. The molecule has 118 valence electrons. The Labute approximate surface area is 135 Å². The SMILES string of the molecule is CCCCCOc1ccc(/C=N\n2c(C)nnc2SC)cc1. The molecule has 0 bridgehead atoms. The van der Waals surface area contributed by atoms with Crippen LogP contribution in [0.3, 0.4) is 0 Å². The van der Waals surface area contributed by atoms with Gasteiger partial charge in [-0.2, -0.15) is 9.78 Å². The van der Waals surface area contributed by atoms with E-state index in [2.05, 4.69) is 22.2 Å². The molecular formula is C16H22N4OS. The van der Waals surface area contributed by atoms with E-state index in [0.717, 1.165) is 35.3 Å². The molecule has 0 radical (unpaired) electrons. The van der Waals surface area contributed by atoms with Crippen LogP contribution in [0.2, 0.25) is 0 Å². The van der Waals surface area contributed by atoms with Crippen molar-refractivity contribution in [1.29, 1.82) is 0 Å². The minimum Gasteiger partial charge on any atom is -0.494 e. The van der Waals surface area contributed by atoms with Gasteiger partial charge >= 0.3 is 0 Å². The maximum atomic E-state index is 5.70. The first-order valence-corrected chi connectivity index (χ1v) is 8.70. The quantitative estimate of drug-likeness (QED) is 0.422. The molecule has 1 aromatic heterocycles. The number of rotatable bonds is 8. The number of thioether (sulfide) groups is 1. The third-order valence-corrected chi connectivity index (χ3v) is 3.79. The molecule has 0 saturated carbocycles. The smallest absolute Gasteiger partial charge is 0.211 e. The molecule has 0 N–H and O–H groups in total. The van der Waals surface area contributed by atoms with E-state index in [4.69, 9.17) is 4.74 Å². The van der Waals surface area contributed by atoms with E-state index >= 15 is 0 Å². The maximum Gasteiger partial charge on any atom is 0.211 e. The van der Waals surface area contributed by atoms with Gasteiger partial charge in [-0.25, -0.2) is 0 Å². The topological polar surface area (TPSA) is 52.3 Å². The zero-order chi connectivity index (χ0) is 15.8. The molecule has 22 heavy (non-hydrogen) atoms. The Kier molecular flexibility index (Phi) is 6.45. The van der Waals surface area contributed by atoms with Gasteiger partial charge in [0.05, 0.1) is 12.8 Å². The van der Waals surface area contributed by atoms with Crippen molar-refractivity contribution in [3.05, 3.63) is 35.7 Å². The fraction of sp³-hybridized carbons (Fsp3) is 0.438. The van der Waals surface area contributed by atoms with Gasteiger partial charge in [-0.15, -0.1) is 10.2 Å². The lowest BCUT2D eigenvalue weighted by atomic mass is 10.2. The summed E-state index contributed by atoms with van der Waals surface area (Å²) in [4.78, 5) is 0. The molecule has 0 saturated heterocycles. The Balaban J connectivity index is 1.96. The molecule has 0 aliphatic rings. The number of unbranched alkanes of at least 4 members (excludes halogenated alkanes) is 2. The van der Waals surface area contributed by atoms with Crippen molar-refractivity contribution < 1.29 is 4.74 Å². The van der Waals surface area contributed by atoms with Crippen LogP contribution in [0.1, 0.15) is 37.6 Å². The largest absolute Gasteiger partial charge is 0.494 e. The number of hydrogen-bond donors (Lipinski definition) is 0. The molecule has 1 aromatic carbocycles. The van der Waals surface area contributed by atoms with E-state index in [-0.39, 0.29) is 0 Å². The lowest BCUT2D eigenvalue weighted by Gasteiger charge is -2.05. The van der Waals surface area contributed by atoms with Crippen LogP contribution in [-0.2, 0) is 0 Å². The highest BCUT2D eigenvalue weighted by atomic mass is 32.2. The van der Waals surface area contributed by atoms with Gasteiger partial charge in [0, 0.05) is 0 Å². The summed E-state index contributed by atoms with van der Waals surface area (Å²) in [6.45, 7) is 4.85. The van der Waals surface area contributed by atoms with Crippen molar-refractivity contribution in [3.63, 3.8) is 0 Å². The molecule has 0 amide bonds. The highest BCUT2D eigenvalue weighted by Crippen LogP contribution is 2.14. The molecule has 5 nitrogen and oxygen atoms in total. The number of aryl methyl sites for hydroxylation is 1. The highest BCUT2D eigenvalue weighted by Gasteiger charge is 2.05. The molecular weight excluding hydrogens is 296 g/mol. The fourth-order valence-corrected chi connectivity index (χ4v) is 2.39. The van der Waals surface area contributed by atoms with E-state index in [1.54, 1.807) is 10.9 Å². The van der Waals surface area contributed by atoms with E-state index in [1.165, 1.54) is 24.6 Å². The van der Waals surface area contributed by atoms with Crippen molar-refractivity contribution in [2.45, 2.75) is 38.3 Å². The molecule has 2 rings (SSSR count). The summed E-state index contributed by atoms with van der Waals surface area (Å²) >= 11 is 1.52. The minimum atomic E-state index is 0.775. The van der Waals surface area contributed by atoms with Crippen LogP contribution in [-0.4, -0.2) is 34.0 Å². The van der Waals surface area contributed by atoms with Crippen molar-refractivity contribution in [2.24, 2.45) is 5.10 Å². The van der Waals surface area contributed by atoms with Gasteiger partial charge in [0.25, 0.3) is 0 Å². The van der Waals surface area contributed by atoms with Crippen molar-refractivity contribution in [2.75, 3.05) is 12.9 Å². The van der Waals surface area contributed by atoms with Gasteiger partial charge in [0.15, 0.2) is 5.82 Å². The molecule has 0 atom stereocenters. The second-order valence-electron chi connectivity index (χ2n) is 4.91. The summed E-state index contributed by atoms with van der Waals surface area (Å²) in [5, 5.41) is 13.3. The average molecular weight is 318 g/mol. The molecule has 0 fully saturated rings. The molecule has 6 heteroatoms. The number of benzene rings is 1. The number of nitrogens with zero attached hydrogens (tertiary/aromatic N) is 4. The first-order chi connectivity index (χ1) is 10.7. The summed E-state index contributed by atoms with van der Waals surface area (Å²) in [5.41, 5.74) is 1.01. The standard InChI is InChI=1S/C16H22N4OS/c1-4-5-6-11-21-15-9-7-14(8-10-15)12-17-20-13(2)18-19-16(20)22-3/h7-10,12H,4-6,11H2,1-3H3/b17-12-. The van der Waals surface area contributed by atoms with E-state index in [0.29, 0.717) is 0 Å². The average Bonchev–Trinajstić information content (AvgIpc) is 2.91. The molecule has 0 aliphatic carbocycles. The molecule has 0 aliphatic heterocycles. The van der Waals surface area contributed by atoms with Crippen LogP contribution >= 0.6 is 11.8 Å². The first kappa shape index (κ1) is 16.5. The van der Waals surface area contributed by atoms with Crippen LogP contribution in [0.4, 0.5) is 0 Å². The Hall–Kier alpha value is -1.82. The van der Waals surface area contributed by atoms with E-state index in [9.17, 15) is 0 Å². The Bertz CT molecular complexity index is 607. The van der Waals surface area contributed by atoms with Gasteiger partial charge in [0.1, 0.15) is 5.75 Å². The van der Waals surface area contributed by atoms with Crippen LogP contribution in [0.5, 0.6) is 5.75 Å². The zero-order valence-electron chi connectivity index (χ0n) is 13.3. The third-order valence-electron chi connectivity index (χ3n) is 3.17. The van der Waals surface area contributed by atoms with Gasteiger partial charge in [0.2, 0.25) is 5.16 Å². The van der Waals surface area contributed by atoms with Gasteiger partial charge < -0.3 is 4.74 Å². The molecule has 1 heterocycles.